The number of aryl methyl sites for hydroxylation is 2. The Morgan fingerprint density at radius 2 is 2.21 bits per heavy atom. The Kier molecular flexibility index (Phi) is 3.84. The van der Waals surface area contributed by atoms with Crippen molar-refractivity contribution >= 4 is 27.5 Å². The number of likely N-dealkylation sites (tertiary alicyclic amines) is 1. The molecule has 1 amide bonds. The van der Waals surface area contributed by atoms with Gasteiger partial charge < -0.3 is 9.32 Å². The summed E-state index contributed by atoms with van der Waals surface area (Å²) in [7, 11) is 0. The van der Waals surface area contributed by atoms with Gasteiger partial charge in [0.1, 0.15) is 5.01 Å². The number of benzene rings is 1. The number of oxazole rings is 1. The van der Waals surface area contributed by atoms with Crippen molar-refractivity contribution in [3.05, 3.63) is 46.6 Å². The van der Waals surface area contributed by atoms with Gasteiger partial charge in [-0.05, 0) is 31.9 Å². The zero-order valence-corrected chi connectivity index (χ0v) is 14.6. The van der Waals surface area contributed by atoms with Gasteiger partial charge in [0.15, 0.2) is 5.89 Å². The summed E-state index contributed by atoms with van der Waals surface area (Å²) in [6, 6.07) is 8.14. The van der Waals surface area contributed by atoms with Crippen LogP contribution in [0.3, 0.4) is 0 Å². The quantitative estimate of drug-likeness (QED) is 0.718. The first-order valence-corrected chi connectivity index (χ1v) is 9.11. The van der Waals surface area contributed by atoms with Crippen LogP contribution in [0.2, 0.25) is 0 Å². The van der Waals surface area contributed by atoms with Crippen LogP contribution >= 0.6 is 11.3 Å². The Morgan fingerprint density at radius 3 is 2.96 bits per heavy atom. The van der Waals surface area contributed by atoms with Gasteiger partial charge in [0.05, 0.1) is 22.0 Å². The highest BCUT2D eigenvalue weighted by molar-refractivity contribution is 7.18. The molecule has 0 saturated carbocycles. The second-order valence-corrected chi connectivity index (χ2v) is 7.11. The molecule has 1 atom stereocenters. The van der Waals surface area contributed by atoms with Gasteiger partial charge in [-0.2, -0.15) is 0 Å². The van der Waals surface area contributed by atoms with Crippen molar-refractivity contribution in [2.45, 2.75) is 39.2 Å². The minimum Gasteiger partial charge on any atom is -0.435 e. The number of aromatic nitrogens is 2. The lowest BCUT2D eigenvalue weighted by atomic mass is 10.2. The fraction of sp³-hybridized carbons (Fsp3) is 0.389. The van der Waals surface area contributed by atoms with Crippen LogP contribution in [0.5, 0.6) is 0 Å². The first-order valence-electron chi connectivity index (χ1n) is 8.30. The molecule has 124 valence electrons. The number of nitrogens with zero attached hydrogens (tertiary/aromatic N) is 3. The van der Waals surface area contributed by atoms with E-state index in [0.29, 0.717) is 23.8 Å². The third-order valence-electron chi connectivity index (χ3n) is 4.45. The zero-order valence-electron chi connectivity index (χ0n) is 13.8. The van der Waals surface area contributed by atoms with E-state index in [4.69, 9.17) is 9.40 Å². The Labute approximate surface area is 144 Å². The summed E-state index contributed by atoms with van der Waals surface area (Å²) < 4.78 is 6.82. The second-order valence-electron chi connectivity index (χ2n) is 6.05. The molecule has 1 aliphatic heterocycles. The monoisotopic (exact) mass is 341 g/mol. The minimum atomic E-state index is -0.0681. The summed E-state index contributed by atoms with van der Waals surface area (Å²) >= 11 is 1.67. The number of hydrogen-bond donors (Lipinski definition) is 0. The highest BCUT2D eigenvalue weighted by Gasteiger charge is 2.35. The van der Waals surface area contributed by atoms with Crippen molar-refractivity contribution in [1.82, 2.24) is 14.9 Å². The molecule has 1 aliphatic rings. The number of amides is 1. The topological polar surface area (TPSA) is 59.2 Å². The van der Waals surface area contributed by atoms with E-state index in [1.807, 2.05) is 36.9 Å². The molecule has 1 saturated heterocycles. The van der Waals surface area contributed by atoms with Crippen LogP contribution in [0.4, 0.5) is 0 Å². The standard InChI is InChI=1S/C18H19N3O2S/c1-3-15-19-11(2)16(23-15)18(22)21-10-6-8-13(21)17-20-12-7-4-5-9-14(12)24-17/h4-5,7,9,13H,3,6,8,10H2,1-2H3. The SMILES string of the molecule is CCc1nc(C)c(C(=O)N2CCCC2c2nc3ccccc3s2)o1. The molecule has 24 heavy (non-hydrogen) atoms. The van der Waals surface area contributed by atoms with E-state index in [0.717, 1.165) is 34.6 Å². The van der Waals surface area contributed by atoms with Gasteiger partial charge >= 0.3 is 0 Å². The largest absolute Gasteiger partial charge is 0.435 e. The molecule has 0 aliphatic carbocycles. The molecule has 0 N–H and O–H groups in total. The molecule has 1 fully saturated rings. The van der Waals surface area contributed by atoms with Crippen molar-refractivity contribution < 1.29 is 9.21 Å². The van der Waals surface area contributed by atoms with Crippen molar-refractivity contribution in [2.24, 2.45) is 0 Å². The van der Waals surface area contributed by atoms with Crippen LogP contribution in [0.25, 0.3) is 10.2 Å². The maximum absolute atomic E-state index is 13.0. The summed E-state index contributed by atoms with van der Waals surface area (Å²) in [5, 5.41) is 1.01. The maximum Gasteiger partial charge on any atom is 0.292 e. The van der Waals surface area contributed by atoms with E-state index in [1.165, 1.54) is 0 Å². The molecule has 2 aromatic heterocycles. The Bertz CT molecular complexity index is 866. The van der Waals surface area contributed by atoms with Gasteiger partial charge in [-0.25, -0.2) is 9.97 Å². The van der Waals surface area contributed by atoms with Crippen molar-refractivity contribution in [1.29, 1.82) is 0 Å². The van der Waals surface area contributed by atoms with Crippen LogP contribution in [0.1, 0.15) is 53.0 Å². The Balaban J connectivity index is 1.66. The van der Waals surface area contributed by atoms with E-state index >= 15 is 0 Å². The second kappa shape index (κ2) is 6.02. The third kappa shape index (κ3) is 2.51. The van der Waals surface area contributed by atoms with Crippen LogP contribution in [-0.4, -0.2) is 27.3 Å². The first-order chi connectivity index (χ1) is 11.7. The summed E-state index contributed by atoms with van der Waals surface area (Å²) in [6.07, 6.45) is 2.62. The zero-order chi connectivity index (χ0) is 16.7. The molecule has 1 unspecified atom stereocenters. The minimum absolute atomic E-state index is 0.0319. The number of rotatable bonds is 3. The maximum atomic E-state index is 13.0. The average Bonchev–Trinajstić information content (AvgIpc) is 3.30. The number of hydrogen-bond acceptors (Lipinski definition) is 5. The number of carbonyl (C=O) groups excluding carboxylic acids is 1. The molecule has 0 radical (unpaired) electrons. The number of thiazole rings is 1. The highest BCUT2D eigenvalue weighted by Crippen LogP contribution is 2.37. The number of para-hydroxylation sites is 1. The van der Waals surface area contributed by atoms with Crippen molar-refractivity contribution in [3.63, 3.8) is 0 Å². The molecular formula is C18H19N3O2S. The molecule has 1 aromatic carbocycles. The van der Waals surface area contributed by atoms with Gasteiger partial charge in [-0.1, -0.05) is 19.1 Å². The van der Waals surface area contributed by atoms with Crippen LogP contribution in [-0.2, 0) is 6.42 Å². The molecule has 3 heterocycles. The van der Waals surface area contributed by atoms with E-state index in [-0.39, 0.29) is 11.9 Å². The molecule has 3 aromatic rings. The van der Waals surface area contributed by atoms with Gasteiger partial charge in [0, 0.05) is 13.0 Å². The lowest BCUT2D eigenvalue weighted by Gasteiger charge is -2.22. The summed E-state index contributed by atoms with van der Waals surface area (Å²) in [5.41, 5.74) is 1.67. The summed E-state index contributed by atoms with van der Waals surface area (Å²) in [6.45, 7) is 4.54. The predicted molar refractivity (Wildman–Crippen MR) is 93.2 cm³/mol. The van der Waals surface area contributed by atoms with Crippen molar-refractivity contribution in [3.8, 4) is 0 Å². The molecular weight excluding hydrogens is 322 g/mol. The molecule has 0 bridgehead atoms. The smallest absolute Gasteiger partial charge is 0.292 e. The first kappa shape index (κ1) is 15.3. The van der Waals surface area contributed by atoms with Gasteiger partial charge in [0.25, 0.3) is 5.91 Å². The number of fused-ring (bicyclic) bond motifs is 1. The average molecular weight is 341 g/mol. The Hall–Kier alpha value is -2.21. The van der Waals surface area contributed by atoms with E-state index in [9.17, 15) is 4.79 Å². The van der Waals surface area contributed by atoms with Gasteiger partial charge in [-0.15, -0.1) is 11.3 Å². The van der Waals surface area contributed by atoms with E-state index < -0.39 is 0 Å². The van der Waals surface area contributed by atoms with E-state index in [1.54, 1.807) is 11.3 Å². The molecule has 6 heteroatoms. The lowest BCUT2D eigenvalue weighted by Crippen LogP contribution is -2.30. The van der Waals surface area contributed by atoms with Crippen molar-refractivity contribution in [2.75, 3.05) is 6.54 Å². The Morgan fingerprint density at radius 1 is 1.38 bits per heavy atom. The molecule has 0 spiro atoms. The highest BCUT2D eigenvalue weighted by atomic mass is 32.1. The fourth-order valence-electron chi connectivity index (χ4n) is 3.23. The number of carbonyl (C=O) groups is 1. The normalized spacial score (nSPS) is 17.8. The third-order valence-corrected chi connectivity index (χ3v) is 5.58. The van der Waals surface area contributed by atoms with E-state index in [2.05, 4.69) is 11.1 Å². The molecule has 5 nitrogen and oxygen atoms in total. The summed E-state index contributed by atoms with van der Waals surface area (Å²) in [4.78, 5) is 23.9. The van der Waals surface area contributed by atoms with Gasteiger partial charge in [0.2, 0.25) is 5.76 Å². The lowest BCUT2D eigenvalue weighted by molar-refractivity contribution is 0.0700. The van der Waals surface area contributed by atoms with Crippen LogP contribution < -0.4 is 0 Å². The summed E-state index contributed by atoms with van der Waals surface area (Å²) in [5.74, 6) is 0.924. The van der Waals surface area contributed by atoms with Gasteiger partial charge in [-0.3, -0.25) is 4.79 Å². The predicted octanol–water partition coefficient (Wildman–Crippen LogP) is 4.13. The molecule has 4 rings (SSSR count). The van der Waals surface area contributed by atoms with Crippen LogP contribution in [0.15, 0.2) is 28.7 Å². The fourth-order valence-corrected chi connectivity index (χ4v) is 4.35. The van der Waals surface area contributed by atoms with Crippen LogP contribution in [0, 0.1) is 6.92 Å².